The molecule has 0 saturated carbocycles. The number of likely N-dealkylation sites (tertiary alicyclic amines) is 1. The van der Waals surface area contributed by atoms with Crippen molar-refractivity contribution in [2.45, 2.75) is 25.8 Å². The van der Waals surface area contributed by atoms with E-state index in [9.17, 15) is 9.59 Å². The molecule has 2 aliphatic rings. The molecule has 2 amide bonds. The molecule has 18 heavy (non-hydrogen) atoms. The average Bonchev–Trinajstić information content (AvgIpc) is 2.96. The lowest BCUT2D eigenvalue weighted by molar-refractivity contribution is -0.147. The Labute approximate surface area is 106 Å². The number of carbonyl (C=O) groups is 2. The highest BCUT2D eigenvalue weighted by atomic mass is 16.5. The molecule has 6 heteroatoms. The number of carboxylic acid groups (broad SMARTS) is 1. The Morgan fingerprint density at radius 3 is 2.72 bits per heavy atom. The normalized spacial score (nSPS) is 31.7. The molecule has 102 valence electrons. The van der Waals surface area contributed by atoms with E-state index in [1.54, 1.807) is 23.8 Å². The Kier molecular flexibility index (Phi) is 3.47. The number of rotatable bonds is 2. The van der Waals surface area contributed by atoms with Crippen LogP contribution in [0, 0.1) is 5.41 Å². The van der Waals surface area contributed by atoms with Gasteiger partial charge < -0.3 is 19.6 Å². The molecule has 2 rings (SSSR count). The van der Waals surface area contributed by atoms with Crippen molar-refractivity contribution in [3.8, 4) is 0 Å². The third-order valence-corrected chi connectivity index (χ3v) is 4.02. The first kappa shape index (κ1) is 13.1. The summed E-state index contributed by atoms with van der Waals surface area (Å²) in [6.07, 6.45) is 1.37. The molecule has 0 aromatic rings. The molecular weight excluding hydrogens is 236 g/mol. The van der Waals surface area contributed by atoms with E-state index in [0.717, 1.165) is 6.42 Å². The predicted octanol–water partition coefficient (Wildman–Crippen LogP) is 0.624. The van der Waals surface area contributed by atoms with Gasteiger partial charge in [-0.3, -0.25) is 4.79 Å². The zero-order valence-corrected chi connectivity index (χ0v) is 10.9. The van der Waals surface area contributed by atoms with Crippen LogP contribution >= 0.6 is 0 Å². The molecule has 0 bridgehead atoms. The number of nitrogens with zero attached hydrogens (tertiary/aromatic N) is 2. The third kappa shape index (κ3) is 2.29. The maximum Gasteiger partial charge on any atom is 0.320 e. The number of ether oxygens (including phenoxy) is 1. The number of likely N-dealkylation sites (N-methyl/N-ethyl adjacent to an activating group) is 1. The standard InChI is InChI=1S/C12H20N2O4/c1-12(10(15)16)4-5-14(8-12)11(17)13(2)9-3-6-18-7-9/h9H,3-8H2,1-2H3,(H,15,16). The van der Waals surface area contributed by atoms with Gasteiger partial charge in [-0.15, -0.1) is 0 Å². The lowest BCUT2D eigenvalue weighted by Crippen LogP contribution is -2.46. The largest absolute Gasteiger partial charge is 0.481 e. The maximum absolute atomic E-state index is 12.2. The zero-order chi connectivity index (χ0) is 13.3. The monoisotopic (exact) mass is 256 g/mol. The molecule has 1 N–H and O–H groups in total. The summed E-state index contributed by atoms with van der Waals surface area (Å²) < 4.78 is 5.26. The summed E-state index contributed by atoms with van der Waals surface area (Å²) in [6, 6.07) is 0.0321. The van der Waals surface area contributed by atoms with Gasteiger partial charge in [0.05, 0.1) is 18.1 Å². The summed E-state index contributed by atoms with van der Waals surface area (Å²) in [5.41, 5.74) is -0.803. The van der Waals surface area contributed by atoms with Crippen LogP contribution in [0.3, 0.4) is 0 Å². The summed E-state index contributed by atoms with van der Waals surface area (Å²) in [7, 11) is 1.76. The highest BCUT2D eigenvalue weighted by molar-refractivity contribution is 5.79. The van der Waals surface area contributed by atoms with Gasteiger partial charge in [0.25, 0.3) is 0 Å². The Balaban J connectivity index is 1.96. The minimum Gasteiger partial charge on any atom is -0.481 e. The Bertz CT molecular complexity index is 354. The van der Waals surface area contributed by atoms with Crippen LogP contribution in [-0.4, -0.2) is 66.3 Å². The molecule has 2 heterocycles. The van der Waals surface area contributed by atoms with Crippen molar-refractivity contribution in [2.75, 3.05) is 33.4 Å². The van der Waals surface area contributed by atoms with Crippen LogP contribution in [-0.2, 0) is 9.53 Å². The first-order valence-corrected chi connectivity index (χ1v) is 6.27. The van der Waals surface area contributed by atoms with Gasteiger partial charge in [-0.2, -0.15) is 0 Å². The molecule has 6 nitrogen and oxygen atoms in total. The Morgan fingerprint density at radius 1 is 1.50 bits per heavy atom. The molecule has 0 aliphatic carbocycles. The van der Waals surface area contributed by atoms with Gasteiger partial charge in [0, 0.05) is 26.7 Å². The summed E-state index contributed by atoms with van der Waals surface area (Å²) in [4.78, 5) is 26.7. The second-order valence-corrected chi connectivity index (χ2v) is 5.45. The van der Waals surface area contributed by atoms with E-state index in [-0.39, 0.29) is 12.1 Å². The lowest BCUT2D eigenvalue weighted by atomic mass is 9.90. The van der Waals surface area contributed by atoms with Crippen LogP contribution in [0.4, 0.5) is 4.79 Å². The fraction of sp³-hybridized carbons (Fsp3) is 0.833. The number of carboxylic acids is 1. The van der Waals surface area contributed by atoms with Crippen molar-refractivity contribution >= 4 is 12.0 Å². The van der Waals surface area contributed by atoms with E-state index in [1.807, 2.05) is 0 Å². The second kappa shape index (κ2) is 4.76. The van der Waals surface area contributed by atoms with E-state index in [2.05, 4.69) is 0 Å². The highest BCUT2D eigenvalue weighted by Crippen LogP contribution is 2.31. The topological polar surface area (TPSA) is 70.1 Å². The van der Waals surface area contributed by atoms with Crippen molar-refractivity contribution in [1.29, 1.82) is 0 Å². The number of urea groups is 1. The summed E-state index contributed by atoms with van der Waals surface area (Å²) >= 11 is 0. The van der Waals surface area contributed by atoms with Gasteiger partial charge in [-0.1, -0.05) is 0 Å². The first-order chi connectivity index (χ1) is 8.44. The Morgan fingerprint density at radius 2 is 2.22 bits per heavy atom. The van der Waals surface area contributed by atoms with Gasteiger partial charge in [0.2, 0.25) is 0 Å². The molecule has 0 spiro atoms. The van der Waals surface area contributed by atoms with E-state index in [1.165, 1.54) is 0 Å². The Hall–Kier alpha value is -1.30. The summed E-state index contributed by atoms with van der Waals surface area (Å²) in [5, 5.41) is 9.15. The van der Waals surface area contributed by atoms with Crippen molar-refractivity contribution in [3.05, 3.63) is 0 Å². The quantitative estimate of drug-likeness (QED) is 0.786. The van der Waals surface area contributed by atoms with Gasteiger partial charge in [-0.25, -0.2) is 4.79 Å². The molecule has 2 fully saturated rings. The van der Waals surface area contributed by atoms with Crippen molar-refractivity contribution in [3.63, 3.8) is 0 Å². The van der Waals surface area contributed by atoms with Crippen molar-refractivity contribution in [1.82, 2.24) is 9.80 Å². The molecule has 0 radical (unpaired) electrons. The SMILES string of the molecule is CN(C(=O)N1CCC(C)(C(=O)O)C1)C1CCOC1. The highest BCUT2D eigenvalue weighted by Gasteiger charge is 2.43. The van der Waals surface area contributed by atoms with Gasteiger partial charge in [0.1, 0.15) is 0 Å². The zero-order valence-electron chi connectivity index (χ0n) is 10.9. The van der Waals surface area contributed by atoms with E-state index < -0.39 is 11.4 Å². The lowest BCUT2D eigenvalue weighted by Gasteiger charge is -2.29. The van der Waals surface area contributed by atoms with Crippen LogP contribution in [0.25, 0.3) is 0 Å². The van der Waals surface area contributed by atoms with Crippen LogP contribution in [0.5, 0.6) is 0 Å². The number of hydrogen-bond donors (Lipinski definition) is 1. The summed E-state index contributed by atoms with van der Waals surface area (Å²) in [5.74, 6) is -0.829. The van der Waals surface area contributed by atoms with Crippen LogP contribution < -0.4 is 0 Å². The molecular formula is C12H20N2O4. The first-order valence-electron chi connectivity index (χ1n) is 6.27. The minimum atomic E-state index is -0.829. The molecule has 2 aliphatic heterocycles. The summed E-state index contributed by atoms with van der Waals surface area (Å²) in [6.45, 7) is 3.77. The van der Waals surface area contributed by atoms with E-state index in [0.29, 0.717) is 32.7 Å². The number of carbonyl (C=O) groups excluding carboxylic acids is 1. The third-order valence-electron chi connectivity index (χ3n) is 4.02. The van der Waals surface area contributed by atoms with Crippen molar-refractivity contribution in [2.24, 2.45) is 5.41 Å². The molecule has 2 unspecified atom stereocenters. The van der Waals surface area contributed by atoms with Crippen LogP contribution in [0.1, 0.15) is 19.8 Å². The van der Waals surface area contributed by atoms with Crippen LogP contribution in [0.15, 0.2) is 0 Å². The predicted molar refractivity (Wildman–Crippen MR) is 64.3 cm³/mol. The average molecular weight is 256 g/mol. The maximum atomic E-state index is 12.2. The number of hydrogen-bond acceptors (Lipinski definition) is 3. The van der Waals surface area contributed by atoms with E-state index in [4.69, 9.17) is 9.84 Å². The van der Waals surface area contributed by atoms with Crippen molar-refractivity contribution < 1.29 is 19.4 Å². The van der Waals surface area contributed by atoms with E-state index >= 15 is 0 Å². The number of amides is 2. The minimum absolute atomic E-state index is 0.0875. The van der Waals surface area contributed by atoms with Gasteiger partial charge in [0.15, 0.2) is 0 Å². The second-order valence-electron chi connectivity index (χ2n) is 5.45. The smallest absolute Gasteiger partial charge is 0.320 e. The molecule has 0 aromatic carbocycles. The van der Waals surface area contributed by atoms with Gasteiger partial charge in [-0.05, 0) is 19.8 Å². The number of aliphatic carboxylic acids is 1. The van der Waals surface area contributed by atoms with Gasteiger partial charge >= 0.3 is 12.0 Å². The molecule has 0 aromatic heterocycles. The molecule has 2 saturated heterocycles. The van der Waals surface area contributed by atoms with Crippen LogP contribution in [0.2, 0.25) is 0 Å². The molecule has 2 atom stereocenters. The fourth-order valence-corrected chi connectivity index (χ4v) is 2.51. The fourth-order valence-electron chi connectivity index (χ4n) is 2.51.